The number of hydrogen-bond donors (Lipinski definition) is 1. The van der Waals surface area contributed by atoms with Crippen molar-refractivity contribution in [1.29, 1.82) is 0 Å². The van der Waals surface area contributed by atoms with Gasteiger partial charge in [-0.2, -0.15) is 18.3 Å². The van der Waals surface area contributed by atoms with E-state index in [0.717, 1.165) is 18.2 Å². The van der Waals surface area contributed by atoms with E-state index in [0.29, 0.717) is 11.4 Å². The topological polar surface area (TPSA) is 60.8 Å². The molecule has 1 N–H and O–H groups in total. The zero-order valence-corrected chi connectivity index (χ0v) is 17.0. The number of aromatic nitrogens is 1. The van der Waals surface area contributed by atoms with E-state index in [1.807, 2.05) is 0 Å². The monoisotopic (exact) mass is 440 g/mol. The molecule has 3 rings (SSSR count). The Hall–Kier alpha value is -2.94. The smallest absolute Gasteiger partial charge is 0.318 e. The minimum Gasteiger partial charge on any atom is -0.318 e. The van der Waals surface area contributed by atoms with Gasteiger partial charge in [0.2, 0.25) is 5.56 Å². The number of pyridine rings is 1. The number of anilines is 1. The Bertz CT molecular complexity index is 1150. The Morgan fingerprint density at radius 2 is 1.93 bits per heavy atom. The standard InChI is InChI=1S/C20H17ClF4N4O/c1-9(2)28-29-11(4)10(3)26-19(18-13(22)6-8-15(30)27-18)16-14(29)7-5-12(17(16)21)20(23,24)25/h5-8,10H,4H2,1-3H3,(H,27,30)/t10-/m0/s1. The molecular weight excluding hydrogens is 424 g/mol. The number of benzene rings is 1. The van der Waals surface area contributed by atoms with Crippen LogP contribution in [-0.2, 0) is 6.18 Å². The lowest BCUT2D eigenvalue weighted by Crippen LogP contribution is -2.23. The molecule has 0 saturated carbocycles. The number of rotatable bonds is 2. The third-order valence-electron chi connectivity index (χ3n) is 4.37. The van der Waals surface area contributed by atoms with Gasteiger partial charge in [0.05, 0.1) is 33.7 Å². The van der Waals surface area contributed by atoms with Gasteiger partial charge in [-0.3, -0.25) is 9.79 Å². The fourth-order valence-corrected chi connectivity index (χ4v) is 3.34. The van der Waals surface area contributed by atoms with E-state index in [4.69, 9.17) is 11.6 Å². The fraction of sp³-hybridized carbons (Fsp3) is 0.250. The van der Waals surface area contributed by atoms with Crippen LogP contribution < -0.4 is 10.6 Å². The largest absolute Gasteiger partial charge is 0.417 e. The Labute approximate surface area is 174 Å². The lowest BCUT2D eigenvalue weighted by atomic mass is 10.00. The van der Waals surface area contributed by atoms with Gasteiger partial charge in [-0.25, -0.2) is 9.40 Å². The lowest BCUT2D eigenvalue weighted by Gasteiger charge is -2.25. The van der Waals surface area contributed by atoms with Crippen molar-refractivity contribution in [2.24, 2.45) is 10.1 Å². The van der Waals surface area contributed by atoms with E-state index >= 15 is 0 Å². The number of fused-ring (bicyclic) bond motifs is 1. The first-order chi connectivity index (χ1) is 13.9. The van der Waals surface area contributed by atoms with Crippen molar-refractivity contribution in [3.63, 3.8) is 0 Å². The normalized spacial score (nSPS) is 16.7. The molecule has 1 aromatic heterocycles. The average molecular weight is 441 g/mol. The van der Waals surface area contributed by atoms with Crippen molar-refractivity contribution in [3.05, 3.63) is 74.6 Å². The molecule has 158 valence electrons. The highest BCUT2D eigenvalue weighted by Crippen LogP contribution is 2.43. The number of halogens is 5. The summed E-state index contributed by atoms with van der Waals surface area (Å²) >= 11 is 6.20. The van der Waals surface area contributed by atoms with Crippen LogP contribution in [0.3, 0.4) is 0 Å². The van der Waals surface area contributed by atoms with Crippen molar-refractivity contribution >= 4 is 28.7 Å². The molecule has 10 heteroatoms. The number of alkyl halides is 3. The van der Waals surface area contributed by atoms with E-state index < -0.39 is 34.2 Å². The molecule has 2 heterocycles. The van der Waals surface area contributed by atoms with Crippen molar-refractivity contribution in [3.8, 4) is 0 Å². The summed E-state index contributed by atoms with van der Waals surface area (Å²) in [5.74, 6) is -0.866. The molecule has 1 atom stereocenters. The molecule has 0 bridgehead atoms. The van der Waals surface area contributed by atoms with Gasteiger partial charge >= 0.3 is 6.18 Å². The Kier molecular flexibility index (Phi) is 5.60. The average Bonchev–Trinajstić information content (AvgIpc) is 2.73. The summed E-state index contributed by atoms with van der Waals surface area (Å²) in [5, 5.41) is 4.99. The first-order valence-electron chi connectivity index (χ1n) is 8.79. The Balaban J connectivity index is 2.46. The van der Waals surface area contributed by atoms with Crippen LogP contribution in [0.5, 0.6) is 0 Å². The second kappa shape index (κ2) is 7.71. The maximum absolute atomic E-state index is 14.6. The number of H-pyrrole nitrogens is 1. The minimum absolute atomic E-state index is 0.131. The predicted octanol–water partition coefficient (Wildman–Crippen LogP) is 5.14. The molecule has 0 saturated heterocycles. The van der Waals surface area contributed by atoms with Gasteiger partial charge in [-0.1, -0.05) is 18.2 Å². The lowest BCUT2D eigenvalue weighted by molar-refractivity contribution is -0.137. The predicted molar refractivity (Wildman–Crippen MR) is 109 cm³/mol. The summed E-state index contributed by atoms with van der Waals surface area (Å²) in [6, 6.07) is 3.16. The highest BCUT2D eigenvalue weighted by molar-refractivity contribution is 6.37. The number of aromatic amines is 1. The van der Waals surface area contributed by atoms with Gasteiger partial charge in [-0.15, -0.1) is 0 Å². The summed E-state index contributed by atoms with van der Waals surface area (Å²) in [6.45, 7) is 8.96. The van der Waals surface area contributed by atoms with E-state index in [-0.39, 0.29) is 22.7 Å². The van der Waals surface area contributed by atoms with Crippen LogP contribution in [-0.4, -0.2) is 22.4 Å². The van der Waals surface area contributed by atoms with Crippen LogP contribution in [0.15, 0.2) is 51.4 Å². The summed E-state index contributed by atoms with van der Waals surface area (Å²) in [6.07, 6.45) is -4.76. The van der Waals surface area contributed by atoms with Crippen LogP contribution in [0, 0.1) is 5.82 Å². The number of aliphatic imine (C=N–C) groups is 1. The molecule has 1 aromatic carbocycles. The quantitative estimate of drug-likeness (QED) is 0.519. The second-order valence-electron chi connectivity index (χ2n) is 6.87. The molecule has 0 radical (unpaired) electrons. The van der Waals surface area contributed by atoms with Crippen LogP contribution in [0.2, 0.25) is 5.02 Å². The molecule has 1 aliphatic rings. The van der Waals surface area contributed by atoms with Gasteiger partial charge in [0.25, 0.3) is 0 Å². The molecule has 2 aromatic rings. The van der Waals surface area contributed by atoms with Gasteiger partial charge < -0.3 is 4.98 Å². The van der Waals surface area contributed by atoms with Crippen molar-refractivity contribution in [2.75, 3.05) is 5.01 Å². The van der Waals surface area contributed by atoms with E-state index in [2.05, 4.69) is 21.7 Å². The molecule has 1 aliphatic heterocycles. The molecule has 0 spiro atoms. The number of hydrazone groups is 1. The van der Waals surface area contributed by atoms with Crippen LogP contribution in [0.1, 0.15) is 37.6 Å². The molecule has 0 amide bonds. The number of nitrogens with zero attached hydrogens (tertiary/aromatic N) is 3. The van der Waals surface area contributed by atoms with Gasteiger partial charge in [0, 0.05) is 17.3 Å². The minimum atomic E-state index is -4.76. The van der Waals surface area contributed by atoms with Crippen LogP contribution in [0.4, 0.5) is 23.2 Å². The zero-order valence-electron chi connectivity index (χ0n) is 16.2. The van der Waals surface area contributed by atoms with Crippen molar-refractivity contribution in [2.45, 2.75) is 33.0 Å². The fourth-order valence-electron chi connectivity index (χ4n) is 2.99. The summed E-state index contributed by atoms with van der Waals surface area (Å²) < 4.78 is 55.2. The highest BCUT2D eigenvalue weighted by atomic mass is 35.5. The summed E-state index contributed by atoms with van der Waals surface area (Å²) in [7, 11) is 0. The van der Waals surface area contributed by atoms with E-state index in [1.54, 1.807) is 20.8 Å². The van der Waals surface area contributed by atoms with Gasteiger partial charge in [-0.05, 0) is 39.0 Å². The number of nitrogens with one attached hydrogen (secondary N) is 1. The molecule has 0 unspecified atom stereocenters. The van der Waals surface area contributed by atoms with Crippen LogP contribution >= 0.6 is 11.6 Å². The second-order valence-corrected chi connectivity index (χ2v) is 7.25. The maximum Gasteiger partial charge on any atom is 0.417 e. The molecule has 0 fully saturated rings. The van der Waals surface area contributed by atoms with Crippen LogP contribution in [0.25, 0.3) is 0 Å². The van der Waals surface area contributed by atoms with Gasteiger partial charge in [0.15, 0.2) is 0 Å². The first-order valence-corrected chi connectivity index (χ1v) is 9.17. The highest BCUT2D eigenvalue weighted by Gasteiger charge is 2.38. The molecule has 5 nitrogen and oxygen atoms in total. The number of benzodiazepines with no additional fused rings is 1. The number of hydrogen-bond acceptors (Lipinski definition) is 4. The SMILES string of the molecule is C=C1[C@H](C)N=C(c2[nH]c(=O)ccc2F)c2c(ccc(C(F)(F)F)c2Cl)N1N=C(C)C. The third-order valence-corrected chi connectivity index (χ3v) is 4.76. The zero-order chi connectivity index (χ0) is 22.4. The Morgan fingerprint density at radius 1 is 1.27 bits per heavy atom. The molecular formula is C20H17ClF4N4O. The Morgan fingerprint density at radius 3 is 2.53 bits per heavy atom. The molecule has 0 aliphatic carbocycles. The molecule has 30 heavy (non-hydrogen) atoms. The third kappa shape index (κ3) is 3.89. The first kappa shape index (κ1) is 21.8. The summed E-state index contributed by atoms with van der Waals surface area (Å²) in [4.78, 5) is 18.5. The maximum atomic E-state index is 14.6. The summed E-state index contributed by atoms with van der Waals surface area (Å²) in [5.41, 5.74) is -1.51. The van der Waals surface area contributed by atoms with E-state index in [9.17, 15) is 22.4 Å². The van der Waals surface area contributed by atoms with Crippen molar-refractivity contribution < 1.29 is 17.6 Å². The van der Waals surface area contributed by atoms with Crippen molar-refractivity contribution in [1.82, 2.24) is 4.98 Å². The van der Waals surface area contributed by atoms with E-state index in [1.165, 1.54) is 11.1 Å². The van der Waals surface area contributed by atoms with Gasteiger partial charge in [0.1, 0.15) is 11.5 Å².